The number of amides is 1. The topological polar surface area (TPSA) is 23.6 Å². The molecule has 1 saturated heterocycles. The molecule has 0 N–H and O–H groups in total. The first-order valence-corrected chi connectivity index (χ1v) is 9.62. The Hall–Kier alpha value is -0.880. The minimum atomic E-state index is 0.0771. The monoisotopic (exact) mass is 412 g/mol. The molecule has 122 valence electrons. The maximum Gasteiger partial charge on any atom is 0.253 e. The predicted molar refractivity (Wildman–Crippen MR) is 99.3 cm³/mol. The van der Waals surface area contributed by atoms with Crippen LogP contribution in [-0.2, 0) is 6.54 Å². The highest BCUT2D eigenvalue weighted by Crippen LogP contribution is 2.24. The highest BCUT2D eigenvalue weighted by atomic mass is 79.9. The van der Waals surface area contributed by atoms with Gasteiger partial charge in [0.15, 0.2) is 0 Å². The predicted octanol–water partition coefficient (Wildman–Crippen LogP) is 4.51. The van der Waals surface area contributed by atoms with E-state index in [-0.39, 0.29) is 5.91 Å². The number of benzene rings is 1. The lowest BCUT2D eigenvalue weighted by molar-refractivity contribution is 0.0761. The van der Waals surface area contributed by atoms with Crippen LogP contribution in [0.25, 0.3) is 0 Å². The first kappa shape index (κ1) is 17.0. The number of hydrogen-bond acceptors (Lipinski definition) is 3. The van der Waals surface area contributed by atoms with Crippen molar-refractivity contribution in [3.63, 3.8) is 0 Å². The molecular weight excluding hydrogens is 396 g/mol. The largest absolute Gasteiger partial charge is 0.337 e. The molecule has 0 radical (unpaired) electrons. The van der Waals surface area contributed by atoms with E-state index in [1.54, 1.807) is 23.5 Å². The van der Waals surface area contributed by atoms with Crippen molar-refractivity contribution in [2.24, 2.45) is 0 Å². The van der Waals surface area contributed by atoms with Gasteiger partial charge in [0.25, 0.3) is 5.91 Å². The quantitative estimate of drug-likeness (QED) is 0.739. The zero-order chi connectivity index (χ0) is 16.2. The SMILES string of the molecule is O=C(c1cccc(Cl)c1)N1CCCN(Cc2ccc(Br)s2)CC1. The molecule has 2 heterocycles. The van der Waals surface area contributed by atoms with Crippen LogP contribution in [0.5, 0.6) is 0 Å². The van der Waals surface area contributed by atoms with Gasteiger partial charge in [-0.15, -0.1) is 11.3 Å². The Bertz CT molecular complexity index is 691. The van der Waals surface area contributed by atoms with Gasteiger partial charge in [-0.1, -0.05) is 17.7 Å². The van der Waals surface area contributed by atoms with Crippen LogP contribution in [0.3, 0.4) is 0 Å². The Morgan fingerprint density at radius 1 is 1.17 bits per heavy atom. The molecule has 0 bridgehead atoms. The van der Waals surface area contributed by atoms with E-state index in [4.69, 9.17) is 11.6 Å². The van der Waals surface area contributed by atoms with Gasteiger partial charge < -0.3 is 4.90 Å². The smallest absolute Gasteiger partial charge is 0.253 e. The van der Waals surface area contributed by atoms with Crippen molar-refractivity contribution in [3.8, 4) is 0 Å². The van der Waals surface area contributed by atoms with Crippen molar-refractivity contribution in [2.75, 3.05) is 26.2 Å². The van der Waals surface area contributed by atoms with Gasteiger partial charge in [-0.3, -0.25) is 9.69 Å². The van der Waals surface area contributed by atoms with Crippen LogP contribution in [0.4, 0.5) is 0 Å². The normalized spacial score (nSPS) is 16.3. The molecule has 1 aliphatic heterocycles. The third-order valence-corrected chi connectivity index (χ3v) is 5.80. The van der Waals surface area contributed by atoms with Gasteiger partial charge in [0.05, 0.1) is 3.79 Å². The molecule has 6 heteroatoms. The van der Waals surface area contributed by atoms with E-state index in [9.17, 15) is 4.79 Å². The van der Waals surface area contributed by atoms with E-state index in [1.807, 2.05) is 17.0 Å². The molecule has 23 heavy (non-hydrogen) atoms. The van der Waals surface area contributed by atoms with Crippen molar-refractivity contribution in [3.05, 3.63) is 55.6 Å². The van der Waals surface area contributed by atoms with Gasteiger partial charge >= 0.3 is 0 Å². The maximum atomic E-state index is 12.6. The minimum Gasteiger partial charge on any atom is -0.337 e. The molecule has 3 nitrogen and oxygen atoms in total. The van der Waals surface area contributed by atoms with Crippen molar-refractivity contribution >= 4 is 44.8 Å². The lowest BCUT2D eigenvalue weighted by atomic mass is 10.2. The molecule has 0 aliphatic carbocycles. The number of hydrogen-bond donors (Lipinski definition) is 0. The minimum absolute atomic E-state index is 0.0771. The number of nitrogens with zero attached hydrogens (tertiary/aromatic N) is 2. The lowest BCUT2D eigenvalue weighted by Gasteiger charge is -2.22. The first-order valence-electron chi connectivity index (χ1n) is 7.63. The van der Waals surface area contributed by atoms with Gasteiger partial charge in [-0.2, -0.15) is 0 Å². The Morgan fingerprint density at radius 3 is 2.78 bits per heavy atom. The third-order valence-electron chi connectivity index (χ3n) is 3.96. The number of halogens is 2. The summed E-state index contributed by atoms with van der Waals surface area (Å²) in [7, 11) is 0. The van der Waals surface area contributed by atoms with E-state index in [0.717, 1.165) is 39.1 Å². The summed E-state index contributed by atoms with van der Waals surface area (Å²) in [6.07, 6.45) is 0.999. The fourth-order valence-electron chi connectivity index (χ4n) is 2.79. The van der Waals surface area contributed by atoms with Crippen LogP contribution in [-0.4, -0.2) is 41.9 Å². The molecule has 1 aromatic carbocycles. The maximum absolute atomic E-state index is 12.6. The molecule has 3 rings (SSSR count). The zero-order valence-corrected chi connectivity index (χ0v) is 15.8. The summed E-state index contributed by atoms with van der Waals surface area (Å²) in [4.78, 5) is 18.3. The summed E-state index contributed by atoms with van der Waals surface area (Å²) in [6.45, 7) is 4.44. The highest BCUT2D eigenvalue weighted by Gasteiger charge is 2.20. The lowest BCUT2D eigenvalue weighted by Crippen LogP contribution is -2.35. The summed E-state index contributed by atoms with van der Waals surface area (Å²) in [6, 6.07) is 11.5. The molecule has 0 unspecified atom stereocenters. The molecular formula is C17H18BrClN2OS. The third kappa shape index (κ3) is 4.57. The van der Waals surface area contributed by atoms with Crippen molar-refractivity contribution < 1.29 is 4.79 Å². The molecule has 0 saturated carbocycles. The van der Waals surface area contributed by atoms with E-state index in [0.29, 0.717) is 10.6 Å². The van der Waals surface area contributed by atoms with Gasteiger partial charge in [0.1, 0.15) is 0 Å². The van der Waals surface area contributed by atoms with Crippen LogP contribution in [0, 0.1) is 0 Å². The van der Waals surface area contributed by atoms with Crippen LogP contribution >= 0.6 is 38.9 Å². The van der Waals surface area contributed by atoms with E-state index < -0.39 is 0 Å². The Labute approximate surface area is 154 Å². The summed E-state index contributed by atoms with van der Waals surface area (Å²) in [5.74, 6) is 0.0771. The van der Waals surface area contributed by atoms with E-state index >= 15 is 0 Å². The van der Waals surface area contributed by atoms with Gasteiger partial charge in [0.2, 0.25) is 0 Å². The van der Waals surface area contributed by atoms with E-state index in [2.05, 4.69) is 33.0 Å². The molecule has 2 aromatic rings. The van der Waals surface area contributed by atoms with Gasteiger partial charge in [-0.25, -0.2) is 0 Å². The second-order valence-electron chi connectivity index (χ2n) is 5.64. The standard InChI is InChI=1S/C17H18BrClN2OS/c18-16-6-5-15(23-16)12-20-7-2-8-21(10-9-20)17(22)13-3-1-4-14(19)11-13/h1,3-6,11H,2,7-10,12H2. The second kappa shape index (κ2) is 7.79. The van der Waals surface area contributed by atoms with Gasteiger partial charge in [-0.05, 0) is 52.7 Å². The molecule has 1 aliphatic rings. The van der Waals surface area contributed by atoms with Crippen molar-refractivity contribution in [1.82, 2.24) is 9.80 Å². The average molecular weight is 414 g/mol. The Morgan fingerprint density at radius 2 is 2.04 bits per heavy atom. The first-order chi connectivity index (χ1) is 11.1. The van der Waals surface area contributed by atoms with Crippen molar-refractivity contribution in [1.29, 1.82) is 0 Å². The molecule has 1 amide bonds. The Balaban J connectivity index is 1.60. The van der Waals surface area contributed by atoms with E-state index in [1.165, 1.54) is 8.66 Å². The van der Waals surface area contributed by atoms with Gasteiger partial charge in [0, 0.05) is 48.2 Å². The number of carbonyl (C=O) groups is 1. The fourth-order valence-corrected chi connectivity index (χ4v) is 4.51. The van der Waals surface area contributed by atoms with Crippen molar-refractivity contribution in [2.45, 2.75) is 13.0 Å². The summed E-state index contributed by atoms with van der Waals surface area (Å²) >= 11 is 11.3. The summed E-state index contributed by atoms with van der Waals surface area (Å²) in [5, 5.41) is 0.607. The van der Waals surface area contributed by atoms with Crippen LogP contribution in [0.2, 0.25) is 5.02 Å². The molecule has 0 atom stereocenters. The van der Waals surface area contributed by atoms with Crippen LogP contribution in [0.15, 0.2) is 40.2 Å². The van der Waals surface area contributed by atoms with Crippen LogP contribution < -0.4 is 0 Å². The number of carbonyl (C=O) groups excluding carboxylic acids is 1. The molecule has 0 spiro atoms. The fraction of sp³-hybridized carbons (Fsp3) is 0.353. The van der Waals surface area contributed by atoms with Crippen LogP contribution in [0.1, 0.15) is 21.7 Å². The second-order valence-corrected chi connectivity index (χ2v) is 8.62. The Kier molecular flexibility index (Phi) is 5.75. The zero-order valence-electron chi connectivity index (χ0n) is 12.7. The molecule has 1 fully saturated rings. The number of rotatable bonds is 3. The number of thiophene rings is 1. The summed E-state index contributed by atoms with van der Waals surface area (Å²) in [5.41, 5.74) is 0.674. The highest BCUT2D eigenvalue weighted by molar-refractivity contribution is 9.11. The average Bonchev–Trinajstić information content (AvgIpc) is 2.80. The summed E-state index contributed by atoms with van der Waals surface area (Å²) < 4.78 is 1.17. The molecule has 1 aromatic heterocycles.